The third-order valence-electron chi connectivity index (χ3n) is 8.17. The highest BCUT2D eigenvalue weighted by atomic mass is 32.2. The molecule has 33 heavy (non-hydrogen) atoms. The lowest BCUT2D eigenvalue weighted by Gasteiger charge is -2.49. The van der Waals surface area contributed by atoms with Gasteiger partial charge in [0.25, 0.3) is 0 Å². The van der Waals surface area contributed by atoms with E-state index in [1.165, 1.54) is 6.92 Å². The Hall–Kier alpha value is -2.60. The molecular formula is C27H30O5S. The Balaban J connectivity index is 1.65. The summed E-state index contributed by atoms with van der Waals surface area (Å²) in [7, 11) is -2.11. The monoisotopic (exact) mass is 466 g/mol. The molecule has 3 aliphatic carbocycles. The van der Waals surface area contributed by atoms with Crippen molar-refractivity contribution in [2.45, 2.75) is 56.4 Å². The van der Waals surface area contributed by atoms with E-state index in [0.717, 1.165) is 36.8 Å². The van der Waals surface area contributed by atoms with E-state index in [2.05, 4.69) is 6.92 Å². The quantitative estimate of drug-likeness (QED) is 0.567. The van der Waals surface area contributed by atoms with Crippen molar-refractivity contribution in [3.63, 3.8) is 0 Å². The first kappa shape index (κ1) is 22.2. The Morgan fingerprint density at radius 2 is 1.82 bits per heavy atom. The SMILES string of the molecule is COc1ccc2c(c1)C(S(=O)(=O)c1ccccc1)=C[C@H]1[C@@H]2CC[C@@]2(C)[C@@H]1CC[C@H]2OC(C)=O. The number of esters is 1. The smallest absolute Gasteiger partial charge is 0.302 e. The number of allylic oxidation sites excluding steroid dienone is 1. The Morgan fingerprint density at radius 1 is 1.06 bits per heavy atom. The van der Waals surface area contributed by atoms with Crippen molar-refractivity contribution in [1.82, 2.24) is 0 Å². The molecule has 5 rings (SSSR count). The van der Waals surface area contributed by atoms with Crippen LogP contribution in [0.25, 0.3) is 4.91 Å². The van der Waals surface area contributed by atoms with Gasteiger partial charge >= 0.3 is 5.97 Å². The average molecular weight is 467 g/mol. The second-order valence-electron chi connectivity index (χ2n) is 9.81. The summed E-state index contributed by atoms with van der Waals surface area (Å²) >= 11 is 0. The van der Waals surface area contributed by atoms with Gasteiger partial charge in [-0.25, -0.2) is 8.42 Å². The van der Waals surface area contributed by atoms with Crippen LogP contribution in [0.2, 0.25) is 0 Å². The van der Waals surface area contributed by atoms with Crippen LogP contribution in [-0.4, -0.2) is 27.6 Å². The number of methoxy groups -OCH3 is 1. The van der Waals surface area contributed by atoms with Crippen molar-refractivity contribution in [2.24, 2.45) is 17.3 Å². The van der Waals surface area contributed by atoms with Gasteiger partial charge in [-0.2, -0.15) is 0 Å². The lowest BCUT2D eigenvalue weighted by molar-refractivity contribution is -0.154. The Kier molecular flexibility index (Phi) is 5.39. The van der Waals surface area contributed by atoms with Crippen molar-refractivity contribution in [2.75, 3.05) is 7.11 Å². The average Bonchev–Trinajstić information content (AvgIpc) is 3.14. The van der Waals surface area contributed by atoms with Gasteiger partial charge in [0, 0.05) is 17.9 Å². The summed E-state index contributed by atoms with van der Waals surface area (Å²) in [5, 5.41) is 0. The van der Waals surface area contributed by atoms with E-state index in [0.29, 0.717) is 15.6 Å². The second-order valence-corrected chi connectivity index (χ2v) is 11.7. The minimum absolute atomic E-state index is 0.0821. The minimum Gasteiger partial charge on any atom is -0.497 e. The van der Waals surface area contributed by atoms with E-state index in [-0.39, 0.29) is 35.2 Å². The molecule has 0 aromatic heterocycles. The predicted molar refractivity (Wildman–Crippen MR) is 126 cm³/mol. The van der Waals surface area contributed by atoms with Gasteiger partial charge in [-0.1, -0.05) is 37.3 Å². The normalized spacial score (nSPS) is 30.5. The van der Waals surface area contributed by atoms with E-state index < -0.39 is 9.84 Å². The maximum Gasteiger partial charge on any atom is 0.302 e. The summed E-state index contributed by atoms with van der Waals surface area (Å²) in [5.41, 5.74) is 1.68. The van der Waals surface area contributed by atoms with Crippen molar-refractivity contribution in [1.29, 1.82) is 0 Å². The van der Waals surface area contributed by atoms with E-state index in [9.17, 15) is 13.2 Å². The van der Waals surface area contributed by atoms with Gasteiger partial charge in [0.15, 0.2) is 0 Å². The van der Waals surface area contributed by atoms with E-state index in [4.69, 9.17) is 9.47 Å². The summed E-state index contributed by atoms with van der Waals surface area (Å²) in [6, 6.07) is 14.5. The molecule has 0 spiro atoms. The van der Waals surface area contributed by atoms with E-state index >= 15 is 0 Å². The predicted octanol–water partition coefficient (Wildman–Crippen LogP) is 5.37. The molecule has 0 heterocycles. The molecule has 0 saturated heterocycles. The molecule has 6 heteroatoms. The minimum atomic E-state index is -3.71. The van der Waals surface area contributed by atoms with E-state index in [1.54, 1.807) is 31.4 Å². The van der Waals surface area contributed by atoms with Gasteiger partial charge in [-0.05, 0) is 73.3 Å². The number of benzene rings is 2. The van der Waals surface area contributed by atoms with Crippen molar-refractivity contribution < 1.29 is 22.7 Å². The number of ether oxygens (including phenoxy) is 2. The first-order chi connectivity index (χ1) is 15.8. The van der Waals surface area contributed by atoms with Gasteiger partial charge in [0.05, 0.1) is 16.9 Å². The van der Waals surface area contributed by atoms with Crippen LogP contribution in [0, 0.1) is 17.3 Å². The zero-order valence-electron chi connectivity index (χ0n) is 19.3. The summed E-state index contributed by atoms with van der Waals surface area (Å²) in [6.45, 7) is 3.69. The van der Waals surface area contributed by atoms with Crippen LogP contribution in [0.3, 0.4) is 0 Å². The molecule has 2 aromatic carbocycles. The van der Waals surface area contributed by atoms with Crippen LogP contribution in [-0.2, 0) is 19.4 Å². The molecule has 5 nitrogen and oxygen atoms in total. The zero-order valence-corrected chi connectivity index (χ0v) is 20.1. The lowest BCUT2D eigenvalue weighted by atomic mass is 9.57. The number of carbonyl (C=O) groups is 1. The highest BCUT2D eigenvalue weighted by Gasteiger charge is 2.56. The molecule has 2 saturated carbocycles. The van der Waals surface area contributed by atoms with Gasteiger partial charge in [0.2, 0.25) is 9.84 Å². The van der Waals surface area contributed by atoms with Crippen molar-refractivity contribution in [3.8, 4) is 5.75 Å². The molecule has 0 bridgehead atoms. The molecule has 5 atom stereocenters. The summed E-state index contributed by atoms with van der Waals surface area (Å²) in [6.07, 6.45) is 5.54. The number of sulfone groups is 1. The number of hydrogen-bond donors (Lipinski definition) is 0. The molecule has 3 aliphatic rings. The van der Waals surface area contributed by atoms with Crippen LogP contribution in [0.4, 0.5) is 0 Å². The molecule has 2 aromatic rings. The van der Waals surface area contributed by atoms with Gasteiger partial charge in [0.1, 0.15) is 11.9 Å². The number of fused-ring (bicyclic) bond motifs is 5. The third-order valence-corrected chi connectivity index (χ3v) is 9.99. The van der Waals surface area contributed by atoms with Crippen LogP contribution < -0.4 is 4.74 Å². The van der Waals surface area contributed by atoms with E-state index in [1.807, 2.05) is 30.3 Å². The Bertz CT molecular complexity index is 1220. The van der Waals surface area contributed by atoms with Crippen LogP contribution in [0.1, 0.15) is 56.6 Å². The fourth-order valence-corrected chi connectivity index (χ4v) is 8.13. The molecule has 0 N–H and O–H groups in total. The lowest BCUT2D eigenvalue weighted by Crippen LogP contribution is -2.44. The number of carbonyl (C=O) groups excluding carboxylic acids is 1. The molecule has 0 amide bonds. The number of hydrogen-bond acceptors (Lipinski definition) is 5. The summed E-state index contributed by atoms with van der Waals surface area (Å²) < 4.78 is 38.8. The van der Waals surface area contributed by atoms with Crippen molar-refractivity contribution in [3.05, 3.63) is 65.7 Å². The van der Waals surface area contributed by atoms with Crippen LogP contribution in [0.5, 0.6) is 5.75 Å². The number of rotatable bonds is 4. The first-order valence-corrected chi connectivity index (χ1v) is 13.1. The van der Waals surface area contributed by atoms with Crippen molar-refractivity contribution >= 4 is 20.7 Å². The maximum atomic E-state index is 13.8. The summed E-state index contributed by atoms with van der Waals surface area (Å²) in [5.74, 6) is 0.996. The Morgan fingerprint density at radius 3 is 2.52 bits per heavy atom. The van der Waals surface area contributed by atoms with Crippen LogP contribution in [0.15, 0.2) is 59.5 Å². The standard InChI is InChI=1S/C27H30O5S/c1-17(28)32-26-12-11-24-22-16-25(33(29,30)19-7-5-4-6-8-19)23-15-18(31-3)9-10-20(23)21(22)13-14-27(24,26)2/h4-10,15-16,21-22,24,26H,11-14H2,1-3H3/t21-,22+,24-,26-,27+/m1/s1. The fourth-order valence-electron chi connectivity index (χ4n) is 6.56. The van der Waals surface area contributed by atoms with Gasteiger partial charge < -0.3 is 9.47 Å². The molecular weight excluding hydrogens is 436 g/mol. The molecule has 2 fully saturated rings. The highest BCUT2D eigenvalue weighted by molar-refractivity contribution is 8.00. The van der Waals surface area contributed by atoms with Gasteiger partial charge in [-0.15, -0.1) is 0 Å². The maximum absolute atomic E-state index is 13.8. The Labute approximate surface area is 195 Å². The molecule has 0 unspecified atom stereocenters. The van der Waals surface area contributed by atoms with Gasteiger partial charge in [-0.3, -0.25) is 4.79 Å². The summed E-state index contributed by atoms with van der Waals surface area (Å²) in [4.78, 5) is 12.4. The molecule has 0 aliphatic heterocycles. The largest absolute Gasteiger partial charge is 0.497 e. The molecule has 0 radical (unpaired) electrons. The topological polar surface area (TPSA) is 69.7 Å². The second kappa shape index (κ2) is 8.01. The zero-order chi connectivity index (χ0) is 23.4. The highest BCUT2D eigenvalue weighted by Crippen LogP contribution is 2.62. The molecule has 174 valence electrons. The fraction of sp³-hybridized carbons (Fsp3) is 0.444. The van der Waals surface area contributed by atoms with Crippen LogP contribution >= 0.6 is 0 Å². The third kappa shape index (κ3) is 3.50. The first-order valence-electron chi connectivity index (χ1n) is 11.6.